The Bertz CT molecular complexity index is 266. The quantitative estimate of drug-likeness (QED) is 0.776. The summed E-state index contributed by atoms with van der Waals surface area (Å²) in [5.41, 5.74) is 5.90. The maximum absolute atomic E-state index is 11.8. The summed E-state index contributed by atoms with van der Waals surface area (Å²) in [4.78, 5) is 11.8. The average Bonchev–Trinajstić information content (AvgIpc) is 2.91. The third-order valence-corrected chi connectivity index (χ3v) is 5.02. The summed E-state index contributed by atoms with van der Waals surface area (Å²) in [5, 5.41) is 3.09. The van der Waals surface area contributed by atoms with Gasteiger partial charge in [-0.3, -0.25) is 4.79 Å². The second kappa shape index (κ2) is 7.88. The van der Waals surface area contributed by atoms with E-state index in [4.69, 9.17) is 5.73 Å². The predicted molar refractivity (Wildman–Crippen MR) is 78.8 cm³/mol. The van der Waals surface area contributed by atoms with E-state index < -0.39 is 0 Å². The van der Waals surface area contributed by atoms with Gasteiger partial charge in [0.25, 0.3) is 0 Å². The molecule has 0 aromatic carbocycles. The van der Waals surface area contributed by atoms with Crippen molar-refractivity contribution in [2.24, 2.45) is 17.6 Å². The highest BCUT2D eigenvalue weighted by Crippen LogP contribution is 2.27. The Morgan fingerprint density at radius 2 is 1.58 bits per heavy atom. The first-order chi connectivity index (χ1) is 9.24. The van der Waals surface area contributed by atoms with E-state index in [2.05, 4.69) is 5.32 Å². The number of nitrogens with one attached hydrogen (secondary N) is 1. The minimum Gasteiger partial charge on any atom is -0.356 e. The molecule has 0 spiro atoms. The minimum atomic E-state index is 0.257. The van der Waals surface area contributed by atoms with Gasteiger partial charge in [0.1, 0.15) is 0 Å². The molecule has 2 aliphatic carbocycles. The molecule has 110 valence electrons. The lowest BCUT2D eigenvalue weighted by molar-refractivity contribution is -0.121. The zero-order valence-corrected chi connectivity index (χ0v) is 12.2. The predicted octanol–water partition coefficient (Wildman–Crippen LogP) is 2.98. The highest BCUT2D eigenvalue weighted by atomic mass is 16.1. The van der Waals surface area contributed by atoms with E-state index in [1.54, 1.807) is 0 Å². The normalized spacial score (nSPS) is 28.5. The smallest absolute Gasteiger partial charge is 0.220 e. The fourth-order valence-electron chi connectivity index (χ4n) is 3.62. The molecule has 0 aromatic heterocycles. The third kappa shape index (κ3) is 5.52. The Hall–Kier alpha value is -0.570. The molecule has 0 heterocycles. The summed E-state index contributed by atoms with van der Waals surface area (Å²) >= 11 is 0. The molecule has 0 aliphatic heterocycles. The summed E-state index contributed by atoms with van der Waals surface area (Å²) in [6.07, 6.45) is 13.2. The van der Waals surface area contributed by atoms with E-state index in [-0.39, 0.29) is 5.91 Å². The molecule has 2 aliphatic rings. The minimum absolute atomic E-state index is 0.257. The first-order valence-corrected chi connectivity index (χ1v) is 8.26. The molecular weight excluding hydrogens is 236 g/mol. The van der Waals surface area contributed by atoms with E-state index in [1.807, 2.05) is 0 Å². The number of nitrogens with two attached hydrogens (primary N) is 1. The fraction of sp³-hybridized carbons (Fsp3) is 0.938. The van der Waals surface area contributed by atoms with Gasteiger partial charge >= 0.3 is 0 Å². The van der Waals surface area contributed by atoms with Crippen LogP contribution in [0.25, 0.3) is 0 Å². The van der Waals surface area contributed by atoms with E-state index in [0.717, 1.165) is 37.6 Å². The summed E-state index contributed by atoms with van der Waals surface area (Å²) in [7, 11) is 0. The molecule has 1 amide bonds. The molecule has 2 fully saturated rings. The van der Waals surface area contributed by atoms with Gasteiger partial charge in [-0.05, 0) is 50.4 Å². The molecule has 0 bridgehead atoms. The van der Waals surface area contributed by atoms with E-state index >= 15 is 0 Å². The molecule has 19 heavy (non-hydrogen) atoms. The molecule has 0 unspecified atom stereocenters. The first kappa shape index (κ1) is 14.8. The van der Waals surface area contributed by atoms with E-state index in [0.29, 0.717) is 12.5 Å². The maximum Gasteiger partial charge on any atom is 0.220 e. The SMILES string of the molecule is NC1CCC(CCC(=O)NCCC2CCCC2)CC1. The third-order valence-electron chi connectivity index (χ3n) is 5.02. The van der Waals surface area contributed by atoms with Gasteiger partial charge in [0.2, 0.25) is 5.91 Å². The van der Waals surface area contributed by atoms with Gasteiger partial charge in [0.05, 0.1) is 0 Å². The topological polar surface area (TPSA) is 55.1 Å². The molecule has 0 saturated heterocycles. The van der Waals surface area contributed by atoms with Gasteiger partial charge in [-0.2, -0.15) is 0 Å². The number of carbonyl (C=O) groups excluding carboxylic acids is 1. The zero-order chi connectivity index (χ0) is 13.5. The van der Waals surface area contributed by atoms with Crippen LogP contribution in [-0.4, -0.2) is 18.5 Å². The van der Waals surface area contributed by atoms with Gasteiger partial charge in [-0.25, -0.2) is 0 Å². The van der Waals surface area contributed by atoms with E-state index in [1.165, 1.54) is 44.9 Å². The second-order valence-electron chi connectivity index (χ2n) is 6.61. The summed E-state index contributed by atoms with van der Waals surface area (Å²) in [6.45, 7) is 0.888. The van der Waals surface area contributed by atoms with Crippen LogP contribution < -0.4 is 11.1 Å². The van der Waals surface area contributed by atoms with Crippen LogP contribution in [0.15, 0.2) is 0 Å². The second-order valence-corrected chi connectivity index (χ2v) is 6.61. The van der Waals surface area contributed by atoms with Crippen LogP contribution in [0, 0.1) is 11.8 Å². The van der Waals surface area contributed by atoms with Crippen molar-refractivity contribution in [2.75, 3.05) is 6.54 Å². The van der Waals surface area contributed by atoms with Gasteiger partial charge in [-0.1, -0.05) is 25.7 Å². The Labute approximate surface area is 117 Å². The van der Waals surface area contributed by atoms with Crippen molar-refractivity contribution >= 4 is 5.91 Å². The van der Waals surface area contributed by atoms with Crippen molar-refractivity contribution in [2.45, 2.75) is 76.7 Å². The number of hydrogen-bond acceptors (Lipinski definition) is 2. The molecule has 2 rings (SSSR count). The fourth-order valence-corrected chi connectivity index (χ4v) is 3.62. The molecule has 0 aromatic rings. The largest absolute Gasteiger partial charge is 0.356 e. The van der Waals surface area contributed by atoms with Crippen LogP contribution in [0.4, 0.5) is 0 Å². The monoisotopic (exact) mass is 266 g/mol. The van der Waals surface area contributed by atoms with Crippen LogP contribution >= 0.6 is 0 Å². The van der Waals surface area contributed by atoms with Crippen LogP contribution in [-0.2, 0) is 4.79 Å². The molecular formula is C16H30N2O. The Morgan fingerprint density at radius 3 is 2.26 bits per heavy atom. The van der Waals surface area contributed by atoms with Crippen LogP contribution in [0.5, 0.6) is 0 Å². The van der Waals surface area contributed by atoms with E-state index in [9.17, 15) is 4.79 Å². The lowest BCUT2D eigenvalue weighted by Crippen LogP contribution is -2.28. The zero-order valence-electron chi connectivity index (χ0n) is 12.2. The lowest BCUT2D eigenvalue weighted by atomic mass is 9.84. The highest BCUT2D eigenvalue weighted by molar-refractivity contribution is 5.75. The number of rotatable bonds is 6. The van der Waals surface area contributed by atoms with Crippen LogP contribution in [0.2, 0.25) is 0 Å². The molecule has 0 radical (unpaired) electrons. The molecule has 3 N–H and O–H groups in total. The van der Waals surface area contributed by atoms with Crippen LogP contribution in [0.3, 0.4) is 0 Å². The van der Waals surface area contributed by atoms with Gasteiger partial charge in [0.15, 0.2) is 0 Å². The maximum atomic E-state index is 11.8. The highest BCUT2D eigenvalue weighted by Gasteiger charge is 2.19. The van der Waals surface area contributed by atoms with Crippen molar-refractivity contribution in [1.82, 2.24) is 5.32 Å². The van der Waals surface area contributed by atoms with Crippen molar-refractivity contribution < 1.29 is 4.79 Å². The van der Waals surface area contributed by atoms with Gasteiger partial charge < -0.3 is 11.1 Å². The van der Waals surface area contributed by atoms with Gasteiger partial charge in [-0.15, -0.1) is 0 Å². The Kier molecular flexibility index (Phi) is 6.15. The molecule has 3 heteroatoms. The average molecular weight is 266 g/mol. The number of amides is 1. The Balaban J connectivity index is 1.49. The van der Waals surface area contributed by atoms with Crippen molar-refractivity contribution in [3.05, 3.63) is 0 Å². The lowest BCUT2D eigenvalue weighted by Gasteiger charge is -2.25. The molecule has 0 atom stereocenters. The summed E-state index contributed by atoms with van der Waals surface area (Å²) in [5.74, 6) is 1.87. The molecule has 3 nitrogen and oxygen atoms in total. The van der Waals surface area contributed by atoms with Crippen LogP contribution in [0.1, 0.15) is 70.6 Å². The summed E-state index contributed by atoms with van der Waals surface area (Å²) in [6, 6.07) is 0.413. The Morgan fingerprint density at radius 1 is 0.947 bits per heavy atom. The summed E-state index contributed by atoms with van der Waals surface area (Å²) < 4.78 is 0. The van der Waals surface area contributed by atoms with Crippen molar-refractivity contribution in [3.8, 4) is 0 Å². The van der Waals surface area contributed by atoms with Crippen molar-refractivity contribution in [3.63, 3.8) is 0 Å². The number of carbonyl (C=O) groups is 1. The first-order valence-electron chi connectivity index (χ1n) is 8.26. The number of hydrogen-bond donors (Lipinski definition) is 2. The standard InChI is InChI=1S/C16H30N2O/c17-15-8-5-14(6-9-15)7-10-16(19)18-12-11-13-3-1-2-4-13/h13-15H,1-12,17H2,(H,18,19). The van der Waals surface area contributed by atoms with Gasteiger partial charge in [0, 0.05) is 19.0 Å². The molecule has 2 saturated carbocycles. The van der Waals surface area contributed by atoms with Crippen molar-refractivity contribution in [1.29, 1.82) is 0 Å².